The van der Waals surface area contributed by atoms with Gasteiger partial charge in [-0.15, -0.1) is 0 Å². The monoisotopic (exact) mass is 276 g/mol. The van der Waals surface area contributed by atoms with Crippen molar-refractivity contribution in [2.45, 2.75) is 58.3 Å². The number of amides is 1. The Morgan fingerprint density at radius 1 is 1.25 bits per heavy atom. The van der Waals surface area contributed by atoms with Gasteiger partial charge in [0.2, 0.25) is 0 Å². The topological polar surface area (TPSA) is 55.1 Å². The average molecular weight is 276 g/mol. The van der Waals surface area contributed by atoms with Crippen LogP contribution in [0.4, 0.5) is 0 Å². The third-order valence-electron chi connectivity index (χ3n) is 4.98. The van der Waals surface area contributed by atoms with Gasteiger partial charge in [0, 0.05) is 18.5 Å². The molecule has 4 nitrogen and oxygen atoms in total. The molecule has 0 aromatic carbocycles. The van der Waals surface area contributed by atoms with E-state index < -0.39 is 0 Å². The number of rotatable bonds is 3. The zero-order chi connectivity index (χ0) is 13.9. The lowest BCUT2D eigenvalue weighted by atomic mass is 9.80. The minimum absolute atomic E-state index is 0.0466. The molecule has 0 spiro atoms. The second-order valence-electron chi connectivity index (χ2n) is 6.37. The molecule has 1 saturated carbocycles. The van der Waals surface area contributed by atoms with Crippen LogP contribution in [-0.2, 0) is 12.8 Å². The highest BCUT2D eigenvalue weighted by Gasteiger charge is 2.26. The van der Waals surface area contributed by atoms with E-state index >= 15 is 0 Å². The van der Waals surface area contributed by atoms with Crippen molar-refractivity contribution < 1.29 is 9.32 Å². The molecule has 110 valence electrons. The number of aromatic nitrogens is 1. The van der Waals surface area contributed by atoms with Gasteiger partial charge >= 0.3 is 0 Å². The first-order valence-electron chi connectivity index (χ1n) is 8.01. The summed E-state index contributed by atoms with van der Waals surface area (Å²) in [6, 6.07) is 0. The summed E-state index contributed by atoms with van der Waals surface area (Å²) < 4.78 is 5.31. The van der Waals surface area contributed by atoms with Gasteiger partial charge < -0.3 is 9.84 Å². The maximum absolute atomic E-state index is 12.3. The Bertz CT molecular complexity index is 481. The van der Waals surface area contributed by atoms with Crippen LogP contribution in [0.3, 0.4) is 0 Å². The standard InChI is InChI=1S/C16H24N2O2/c1-11-6-2-3-7-12(11)10-17-16(19)15-13-8-4-5-9-14(13)20-18-15/h11-12H,2-10H2,1H3,(H,17,19). The van der Waals surface area contributed by atoms with Crippen molar-refractivity contribution in [2.24, 2.45) is 11.8 Å². The van der Waals surface area contributed by atoms with E-state index in [4.69, 9.17) is 4.52 Å². The Labute approximate surface area is 120 Å². The predicted octanol–water partition coefficient (Wildman–Crippen LogP) is 3.11. The predicted molar refractivity (Wildman–Crippen MR) is 76.6 cm³/mol. The zero-order valence-corrected chi connectivity index (χ0v) is 12.3. The average Bonchev–Trinajstić information content (AvgIpc) is 2.90. The maximum Gasteiger partial charge on any atom is 0.273 e. The highest BCUT2D eigenvalue weighted by molar-refractivity contribution is 5.93. The summed E-state index contributed by atoms with van der Waals surface area (Å²) in [6.45, 7) is 3.08. The number of nitrogens with one attached hydrogen (secondary N) is 1. The lowest BCUT2D eigenvalue weighted by Crippen LogP contribution is -2.34. The molecule has 1 amide bonds. The van der Waals surface area contributed by atoms with E-state index in [1.54, 1.807) is 0 Å². The van der Waals surface area contributed by atoms with Crippen molar-refractivity contribution in [3.05, 3.63) is 17.0 Å². The fourth-order valence-corrected chi connectivity index (χ4v) is 3.57. The molecular weight excluding hydrogens is 252 g/mol. The van der Waals surface area contributed by atoms with Crippen LogP contribution in [0.5, 0.6) is 0 Å². The lowest BCUT2D eigenvalue weighted by molar-refractivity contribution is 0.0926. The molecule has 2 atom stereocenters. The van der Waals surface area contributed by atoms with Gasteiger partial charge in [0.25, 0.3) is 5.91 Å². The van der Waals surface area contributed by atoms with E-state index in [-0.39, 0.29) is 5.91 Å². The van der Waals surface area contributed by atoms with Crippen molar-refractivity contribution in [3.63, 3.8) is 0 Å². The Kier molecular flexibility index (Phi) is 4.08. The van der Waals surface area contributed by atoms with Gasteiger partial charge in [-0.1, -0.05) is 31.3 Å². The number of carbonyl (C=O) groups excluding carboxylic acids is 1. The van der Waals surface area contributed by atoms with Crippen LogP contribution in [0.1, 0.15) is 67.3 Å². The molecule has 1 aromatic heterocycles. The summed E-state index contributed by atoms with van der Waals surface area (Å²) in [5.74, 6) is 2.22. The zero-order valence-electron chi connectivity index (χ0n) is 12.3. The van der Waals surface area contributed by atoms with Crippen LogP contribution in [0, 0.1) is 11.8 Å². The summed E-state index contributed by atoms with van der Waals surface area (Å²) in [6.07, 6.45) is 9.29. The van der Waals surface area contributed by atoms with Crippen LogP contribution >= 0.6 is 0 Å². The quantitative estimate of drug-likeness (QED) is 0.923. The molecule has 1 fully saturated rings. The molecule has 1 N–H and O–H groups in total. The summed E-state index contributed by atoms with van der Waals surface area (Å²) in [7, 11) is 0. The molecule has 20 heavy (non-hydrogen) atoms. The minimum Gasteiger partial charge on any atom is -0.360 e. The first-order valence-corrected chi connectivity index (χ1v) is 8.01. The van der Waals surface area contributed by atoms with Gasteiger partial charge in [-0.25, -0.2) is 0 Å². The number of aryl methyl sites for hydroxylation is 1. The van der Waals surface area contributed by atoms with Crippen molar-refractivity contribution in [1.82, 2.24) is 10.5 Å². The molecule has 1 aromatic rings. The number of hydrogen-bond acceptors (Lipinski definition) is 3. The van der Waals surface area contributed by atoms with E-state index in [0.717, 1.165) is 49.5 Å². The second-order valence-corrected chi connectivity index (χ2v) is 6.37. The molecule has 0 radical (unpaired) electrons. The van der Waals surface area contributed by atoms with Crippen LogP contribution in [-0.4, -0.2) is 17.6 Å². The Hall–Kier alpha value is -1.32. The van der Waals surface area contributed by atoms with Gasteiger partial charge in [0.1, 0.15) is 5.76 Å². The summed E-state index contributed by atoms with van der Waals surface area (Å²) in [5.41, 5.74) is 1.58. The molecule has 0 saturated heterocycles. The van der Waals surface area contributed by atoms with Crippen LogP contribution in [0.2, 0.25) is 0 Å². The highest BCUT2D eigenvalue weighted by atomic mass is 16.5. The lowest BCUT2D eigenvalue weighted by Gasteiger charge is -2.28. The van der Waals surface area contributed by atoms with E-state index in [2.05, 4.69) is 17.4 Å². The van der Waals surface area contributed by atoms with Crippen molar-refractivity contribution in [3.8, 4) is 0 Å². The van der Waals surface area contributed by atoms with E-state index in [0.29, 0.717) is 11.6 Å². The third kappa shape index (κ3) is 2.74. The molecule has 1 heterocycles. The van der Waals surface area contributed by atoms with Gasteiger partial charge in [-0.2, -0.15) is 0 Å². The Morgan fingerprint density at radius 3 is 2.90 bits per heavy atom. The van der Waals surface area contributed by atoms with E-state index in [1.807, 2.05) is 0 Å². The summed E-state index contributed by atoms with van der Waals surface area (Å²) in [4.78, 5) is 12.3. The van der Waals surface area contributed by atoms with Crippen LogP contribution in [0.15, 0.2) is 4.52 Å². The smallest absolute Gasteiger partial charge is 0.273 e. The fourth-order valence-electron chi connectivity index (χ4n) is 3.57. The molecule has 4 heteroatoms. The Morgan fingerprint density at radius 2 is 2.05 bits per heavy atom. The largest absolute Gasteiger partial charge is 0.360 e. The molecule has 2 aliphatic rings. The minimum atomic E-state index is -0.0466. The normalized spacial score (nSPS) is 26.1. The van der Waals surface area contributed by atoms with Crippen molar-refractivity contribution in [2.75, 3.05) is 6.54 Å². The fraction of sp³-hybridized carbons (Fsp3) is 0.750. The molecule has 2 unspecified atom stereocenters. The van der Waals surface area contributed by atoms with Gasteiger partial charge in [-0.05, 0) is 37.5 Å². The maximum atomic E-state index is 12.3. The molecule has 3 rings (SSSR count). The number of fused-ring (bicyclic) bond motifs is 1. The first-order chi connectivity index (χ1) is 9.75. The van der Waals surface area contributed by atoms with Crippen LogP contribution < -0.4 is 5.32 Å². The van der Waals surface area contributed by atoms with Gasteiger partial charge in [-0.3, -0.25) is 4.79 Å². The third-order valence-corrected chi connectivity index (χ3v) is 4.98. The van der Waals surface area contributed by atoms with Crippen molar-refractivity contribution >= 4 is 5.91 Å². The van der Waals surface area contributed by atoms with Gasteiger partial charge in [0.15, 0.2) is 5.69 Å². The van der Waals surface area contributed by atoms with E-state index in [1.165, 1.54) is 25.7 Å². The second kappa shape index (κ2) is 5.98. The number of nitrogens with zero attached hydrogens (tertiary/aromatic N) is 1. The number of hydrogen-bond donors (Lipinski definition) is 1. The first kappa shape index (κ1) is 13.7. The van der Waals surface area contributed by atoms with Gasteiger partial charge in [0.05, 0.1) is 0 Å². The van der Waals surface area contributed by atoms with E-state index in [9.17, 15) is 4.79 Å². The molecular formula is C16H24N2O2. The number of carbonyl (C=O) groups is 1. The molecule has 0 bridgehead atoms. The van der Waals surface area contributed by atoms with Crippen LogP contribution in [0.25, 0.3) is 0 Å². The Balaban J connectivity index is 1.60. The summed E-state index contributed by atoms with van der Waals surface area (Å²) in [5, 5.41) is 7.07. The molecule has 2 aliphatic carbocycles. The van der Waals surface area contributed by atoms with Crippen molar-refractivity contribution in [1.29, 1.82) is 0 Å². The molecule has 0 aliphatic heterocycles. The summed E-state index contributed by atoms with van der Waals surface area (Å²) >= 11 is 0. The SMILES string of the molecule is CC1CCCCC1CNC(=O)c1noc2c1CCCC2. The highest BCUT2D eigenvalue weighted by Crippen LogP contribution is 2.29.